The number of esters is 2. The largest absolute Gasteiger partial charge is 0.422 e. The maximum Gasteiger partial charge on any atom is 0.324 e. The molecule has 1 unspecified atom stereocenters. The van der Waals surface area contributed by atoms with E-state index < -0.39 is 29.6 Å². The van der Waals surface area contributed by atoms with Crippen molar-refractivity contribution in [1.29, 1.82) is 0 Å². The van der Waals surface area contributed by atoms with Crippen LogP contribution in [0.2, 0.25) is 0 Å². The Morgan fingerprint density at radius 3 is 2.19 bits per heavy atom. The maximum atomic E-state index is 12.2. The molecule has 1 atom stereocenters. The minimum atomic E-state index is -1.21. The van der Waals surface area contributed by atoms with Gasteiger partial charge in [-0.1, -0.05) is 37.3 Å². The van der Waals surface area contributed by atoms with Crippen LogP contribution in [-0.4, -0.2) is 17.7 Å². The van der Waals surface area contributed by atoms with E-state index in [0.717, 1.165) is 11.5 Å². The van der Waals surface area contributed by atoms with Crippen LogP contribution in [-0.2, 0) is 19.1 Å². The summed E-state index contributed by atoms with van der Waals surface area (Å²) in [6, 6.07) is 9.33. The quantitative estimate of drug-likeness (QED) is 0.631. The molecule has 4 heteroatoms. The second kappa shape index (κ2) is 5.88. The molecule has 2 rings (SSSR count). The van der Waals surface area contributed by atoms with Gasteiger partial charge in [-0.25, -0.2) is 0 Å². The monoisotopic (exact) mass is 287 g/mol. The molecule has 1 aliphatic rings. The molecule has 1 heterocycles. The molecule has 1 saturated heterocycles. The molecule has 0 bridgehead atoms. The van der Waals surface area contributed by atoms with Gasteiger partial charge in [-0.05, 0) is 24.8 Å². The fourth-order valence-corrected chi connectivity index (χ4v) is 2.39. The summed E-state index contributed by atoms with van der Waals surface area (Å²) in [5.41, 5.74) is 0.846. The van der Waals surface area contributed by atoms with Crippen molar-refractivity contribution < 1.29 is 19.1 Å². The van der Waals surface area contributed by atoms with Crippen molar-refractivity contribution in [2.45, 2.75) is 32.5 Å². The third-order valence-corrected chi connectivity index (χ3v) is 3.21. The van der Waals surface area contributed by atoms with E-state index in [9.17, 15) is 9.59 Å². The molecule has 1 aromatic rings. The molecular formula is C17H19O4. The molecule has 4 nitrogen and oxygen atoms in total. The molecule has 111 valence electrons. The first kappa shape index (κ1) is 15.5. The molecule has 1 aromatic carbocycles. The minimum Gasteiger partial charge on any atom is -0.422 e. The van der Waals surface area contributed by atoms with Gasteiger partial charge in [-0.3, -0.25) is 9.59 Å². The lowest BCUT2D eigenvalue weighted by molar-refractivity contribution is -0.240. The standard InChI is InChI=1S/C17H19O4/c1-11(2)10-13(12-8-6-5-7-9-12)14-15(18)20-17(3,4)21-16(14)19/h5-10,13-14H,1H2,2-4H3. The van der Waals surface area contributed by atoms with Crippen molar-refractivity contribution >= 4 is 11.9 Å². The fraction of sp³-hybridized carbons (Fsp3) is 0.353. The number of carbonyl (C=O) groups excluding carboxylic acids is 2. The van der Waals surface area contributed by atoms with Crippen molar-refractivity contribution in [2.24, 2.45) is 5.92 Å². The number of benzene rings is 1. The van der Waals surface area contributed by atoms with Crippen molar-refractivity contribution in [3.63, 3.8) is 0 Å². The maximum absolute atomic E-state index is 12.2. The topological polar surface area (TPSA) is 52.6 Å². The summed E-state index contributed by atoms with van der Waals surface area (Å²) < 4.78 is 10.4. The second-order valence-electron chi connectivity index (χ2n) is 5.67. The molecule has 21 heavy (non-hydrogen) atoms. The fourth-order valence-electron chi connectivity index (χ4n) is 2.39. The van der Waals surface area contributed by atoms with E-state index in [0.29, 0.717) is 0 Å². The number of ether oxygens (including phenoxy) is 2. The SMILES string of the molecule is [CH2][C](C)[CH]C(c1ccccc1)C1C(=O)OC(C)(C)OC1=O. The summed E-state index contributed by atoms with van der Waals surface area (Å²) in [6.45, 7) is 8.73. The van der Waals surface area contributed by atoms with Crippen molar-refractivity contribution in [1.82, 2.24) is 0 Å². The Morgan fingerprint density at radius 2 is 1.71 bits per heavy atom. The Balaban J connectivity index is 2.33. The van der Waals surface area contributed by atoms with Crippen LogP contribution in [0.4, 0.5) is 0 Å². The van der Waals surface area contributed by atoms with Crippen LogP contribution < -0.4 is 0 Å². The van der Waals surface area contributed by atoms with Crippen LogP contribution in [0.5, 0.6) is 0 Å². The summed E-state index contributed by atoms with van der Waals surface area (Å²) in [5, 5.41) is 0. The van der Waals surface area contributed by atoms with Crippen molar-refractivity contribution in [3.05, 3.63) is 55.2 Å². The van der Waals surface area contributed by atoms with Gasteiger partial charge in [0, 0.05) is 19.8 Å². The highest BCUT2D eigenvalue weighted by Gasteiger charge is 2.47. The normalized spacial score (nSPS) is 20.0. The molecule has 1 fully saturated rings. The highest BCUT2D eigenvalue weighted by molar-refractivity contribution is 5.98. The van der Waals surface area contributed by atoms with E-state index in [1.807, 2.05) is 37.3 Å². The Bertz CT molecular complexity index is 499. The number of hydrogen-bond donors (Lipinski definition) is 0. The van der Waals surface area contributed by atoms with E-state index in [2.05, 4.69) is 6.92 Å². The third-order valence-electron chi connectivity index (χ3n) is 3.21. The zero-order chi connectivity index (χ0) is 15.6. The zero-order valence-electron chi connectivity index (χ0n) is 12.5. The Morgan fingerprint density at radius 1 is 1.19 bits per heavy atom. The van der Waals surface area contributed by atoms with Crippen LogP contribution in [0.1, 0.15) is 32.3 Å². The van der Waals surface area contributed by atoms with E-state index in [4.69, 9.17) is 9.47 Å². The molecular weight excluding hydrogens is 268 g/mol. The lowest BCUT2D eigenvalue weighted by Crippen LogP contribution is -2.48. The second-order valence-corrected chi connectivity index (χ2v) is 5.67. The molecule has 0 aromatic heterocycles. The molecule has 0 saturated carbocycles. The van der Waals surface area contributed by atoms with Crippen LogP contribution in [0.25, 0.3) is 0 Å². The molecule has 3 radical (unpaired) electrons. The summed E-state index contributed by atoms with van der Waals surface area (Å²) in [4.78, 5) is 24.5. The van der Waals surface area contributed by atoms with Crippen LogP contribution in [0, 0.1) is 25.2 Å². The van der Waals surface area contributed by atoms with E-state index >= 15 is 0 Å². The molecule has 0 spiro atoms. The lowest BCUT2D eigenvalue weighted by atomic mass is 9.80. The molecule has 0 amide bonds. The van der Waals surface area contributed by atoms with E-state index in [1.165, 1.54) is 0 Å². The molecule has 0 N–H and O–H groups in total. The first-order valence-corrected chi connectivity index (χ1v) is 6.81. The number of carbonyl (C=O) groups is 2. The lowest BCUT2D eigenvalue weighted by Gasteiger charge is -2.36. The van der Waals surface area contributed by atoms with Gasteiger partial charge in [0.25, 0.3) is 5.79 Å². The number of hydrogen-bond acceptors (Lipinski definition) is 4. The zero-order valence-corrected chi connectivity index (χ0v) is 12.5. The van der Waals surface area contributed by atoms with Gasteiger partial charge in [0.05, 0.1) is 0 Å². The summed E-state index contributed by atoms with van der Waals surface area (Å²) in [7, 11) is 0. The van der Waals surface area contributed by atoms with Gasteiger partial charge in [-0.2, -0.15) is 0 Å². The third kappa shape index (κ3) is 3.63. The highest BCUT2D eigenvalue weighted by Crippen LogP contribution is 2.36. The predicted octanol–water partition coefficient (Wildman–Crippen LogP) is 2.86. The van der Waals surface area contributed by atoms with Gasteiger partial charge in [0.1, 0.15) is 0 Å². The van der Waals surface area contributed by atoms with E-state index in [1.54, 1.807) is 20.3 Å². The Kier molecular flexibility index (Phi) is 4.35. The predicted molar refractivity (Wildman–Crippen MR) is 77.5 cm³/mol. The molecule has 0 aliphatic carbocycles. The van der Waals surface area contributed by atoms with Crippen LogP contribution >= 0.6 is 0 Å². The summed E-state index contributed by atoms with van der Waals surface area (Å²) in [6.07, 6.45) is 1.79. The Hall–Kier alpha value is -1.84. The highest BCUT2D eigenvalue weighted by atomic mass is 16.7. The van der Waals surface area contributed by atoms with Gasteiger partial charge in [0.2, 0.25) is 0 Å². The average molecular weight is 287 g/mol. The smallest absolute Gasteiger partial charge is 0.324 e. The van der Waals surface area contributed by atoms with Gasteiger partial charge in [0.15, 0.2) is 5.92 Å². The first-order chi connectivity index (χ1) is 9.80. The van der Waals surface area contributed by atoms with Gasteiger partial charge < -0.3 is 9.47 Å². The molecule has 1 aliphatic heterocycles. The Labute approximate surface area is 125 Å². The summed E-state index contributed by atoms with van der Waals surface area (Å²) >= 11 is 0. The van der Waals surface area contributed by atoms with Crippen LogP contribution in [0.3, 0.4) is 0 Å². The minimum absolute atomic E-state index is 0.445. The van der Waals surface area contributed by atoms with Crippen molar-refractivity contribution in [3.8, 4) is 0 Å². The van der Waals surface area contributed by atoms with Crippen molar-refractivity contribution in [2.75, 3.05) is 0 Å². The first-order valence-electron chi connectivity index (χ1n) is 6.81. The average Bonchev–Trinajstić information content (AvgIpc) is 2.36. The van der Waals surface area contributed by atoms with Gasteiger partial charge >= 0.3 is 11.9 Å². The summed E-state index contributed by atoms with van der Waals surface area (Å²) in [5.74, 6) is -3.02. The van der Waals surface area contributed by atoms with Gasteiger partial charge in [-0.15, -0.1) is 0 Å². The van der Waals surface area contributed by atoms with Crippen LogP contribution in [0.15, 0.2) is 30.3 Å². The van der Waals surface area contributed by atoms with E-state index in [-0.39, 0.29) is 0 Å². The number of cyclic esters (lactones) is 2. The number of rotatable bonds is 4.